The Morgan fingerprint density at radius 3 is 2.66 bits per heavy atom. The molecule has 0 radical (unpaired) electrons. The lowest BCUT2D eigenvalue weighted by Gasteiger charge is -2.75. The number of hydrogen-bond acceptors (Lipinski definition) is 2. The number of nitrogens with zero attached hydrogens (tertiary/aromatic N) is 1. The van der Waals surface area contributed by atoms with Gasteiger partial charge < -0.3 is 5.11 Å². The van der Waals surface area contributed by atoms with E-state index in [1.165, 1.54) is 28.3 Å². The van der Waals surface area contributed by atoms with Crippen LogP contribution in [0.5, 0.6) is 0 Å². The average molecular weight is 396 g/mol. The Hall–Kier alpha value is -1.94. The van der Waals surface area contributed by atoms with Crippen molar-refractivity contribution in [2.45, 2.75) is 70.6 Å². The molecule has 0 aromatic heterocycles. The van der Waals surface area contributed by atoms with Gasteiger partial charge in [-0.25, -0.2) is 9.18 Å². The van der Waals surface area contributed by atoms with Crippen LogP contribution in [0.1, 0.15) is 57.6 Å². The monoisotopic (exact) mass is 395 g/mol. The molecule has 1 aromatic rings. The van der Waals surface area contributed by atoms with Crippen LogP contribution in [0.4, 0.5) is 4.39 Å². The highest BCUT2D eigenvalue weighted by Crippen LogP contribution is 2.77. The molecule has 1 aliphatic heterocycles. The van der Waals surface area contributed by atoms with Gasteiger partial charge in [-0.3, -0.25) is 4.90 Å². The summed E-state index contributed by atoms with van der Waals surface area (Å²) >= 11 is 0. The summed E-state index contributed by atoms with van der Waals surface area (Å²) < 4.78 is 14.8. The van der Waals surface area contributed by atoms with Crippen LogP contribution < -0.4 is 0 Å². The topological polar surface area (TPSA) is 40.5 Å². The fraction of sp³-hybridized carbons (Fsp3) is 0.560. The Kier molecular flexibility index (Phi) is 3.97. The molecule has 0 amide bonds. The van der Waals surface area contributed by atoms with E-state index in [-0.39, 0.29) is 16.9 Å². The van der Waals surface area contributed by atoms with Crippen molar-refractivity contribution in [3.05, 3.63) is 53.1 Å². The van der Waals surface area contributed by atoms with Crippen LogP contribution in [0.2, 0.25) is 0 Å². The maximum absolute atomic E-state index is 14.8. The number of halogens is 1. The molecule has 4 aliphatic carbocycles. The van der Waals surface area contributed by atoms with Gasteiger partial charge in [0.15, 0.2) is 0 Å². The van der Waals surface area contributed by atoms with Crippen molar-refractivity contribution in [1.82, 2.24) is 4.90 Å². The summed E-state index contributed by atoms with van der Waals surface area (Å²) in [4.78, 5) is 13.4. The van der Waals surface area contributed by atoms with Crippen LogP contribution in [0.3, 0.4) is 0 Å². The second kappa shape index (κ2) is 6.04. The number of carboxylic acid groups (broad SMARTS) is 1. The highest BCUT2D eigenvalue weighted by atomic mass is 19.1. The minimum Gasteiger partial charge on any atom is -0.478 e. The van der Waals surface area contributed by atoms with Crippen molar-refractivity contribution in [2.75, 3.05) is 6.54 Å². The Morgan fingerprint density at radius 2 is 2.00 bits per heavy atom. The maximum Gasteiger partial charge on any atom is 0.327 e. The SMILES string of the molecule is C[C@@H]1CC2=C(Cc3ccccc32)[C@H](C23CC(/C=C/C(=O)O)(C2)C3)N1CC(C)(C)F. The van der Waals surface area contributed by atoms with Gasteiger partial charge in [0.2, 0.25) is 0 Å². The molecule has 1 heterocycles. The Labute approximate surface area is 172 Å². The molecule has 1 N–H and O–H groups in total. The summed E-state index contributed by atoms with van der Waals surface area (Å²) in [6.45, 7) is 6.06. The van der Waals surface area contributed by atoms with Gasteiger partial charge in [-0.15, -0.1) is 0 Å². The van der Waals surface area contributed by atoms with Gasteiger partial charge in [0, 0.05) is 24.7 Å². The number of alkyl halides is 1. The van der Waals surface area contributed by atoms with E-state index in [0.717, 1.165) is 32.1 Å². The molecule has 154 valence electrons. The molecule has 2 atom stereocenters. The number of hydrogen-bond donors (Lipinski definition) is 1. The molecule has 2 bridgehead atoms. The lowest BCUT2D eigenvalue weighted by Crippen LogP contribution is -2.71. The van der Waals surface area contributed by atoms with Gasteiger partial charge in [-0.05, 0) is 86.0 Å². The average Bonchev–Trinajstić information content (AvgIpc) is 2.91. The first kappa shape index (κ1) is 19.0. The van der Waals surface area contributed by atoms with Crippen molar-refractivity contribution in [1.29, 1.82) is 0 Å². The molecule has 29 heavy (non-hydrogen) atoms. The first-order valence-corrected chi connectivity index (χ1v) is 10.8. The van der Waals surface area contributed by atoms with E-state index >= 15 is 0 Å². The minimum atomic E-state index is -1.24. The van der Waals surface area contributed by atoms with Crippen molar-refractivity contribution in [3.63, 3.8) is 0 Å². The normalized spacial score (nSPS) is 35.9. The second-order valence-corrected chi connectivity index (χ2v) is 10.6. The maximum atomic E-state index is 14.8. The molecule has 5 aliphatic rings. The highest BCUT2D eigenvalue weighted by molar-refractivity contribution is 5.80. The Morgan fingerprint density at radius 1 is 1.31 bits per heavy atom. The zero-order valence-electron chi connectivity index (χ0n) is 17.5. The quantitative estimate of drug-likeness (QED) is 0.712. The lowest BCUT2D eigenvalue weighted by molar-refractivity contribution is -0.211. The molecule has 1 aromatic carbocycles. The number of aliphatic carboxylic acids is 1. The van der Waals surface area contributed by atoms with Gasteiger partial charge in [-0.1, -0.05) is 30.3 Å². The van der Waals surface area contributed by atoms with Crippen LogP contribution in [-0.2, 0) is 11.2 Å². The molecule has 0 unspecified atom stereocenters. The third-order valence-electron chi connectivity index (χ3n) is 7.67. The molecular formula is C25H30FNO2. The molecule has 3 saturated carbocycles. The Bertz CT molecular complexity index is 919. The summed E-state index contributed by atoms with van der Waals surface area (Å²) in [7, 11) is 0. The van der Waals surface area contributed by atoms with Gasteiger partial charge in [-0.2, -0.15) is 0 Å². The first-order chi connectivity index (χ1) is 13.6. The molecular weight excluding hydrogens is 365 g/mol. The molecule has 6 rings (SSSR count). The van der Waals surface area contributed by atoms with E-state index in [0.29, 0.717) is 12.6 Å². The predicted octanol–water partition coefficient (Wildman–Crippen LogP) is 5.02. The van der Waals surface area contributed by atoms with Gasteiger partial charge in [0.05, 0.1) is 0 Å². The van der Waals surface area contributed by atoms with Crippen molar-refractivity contribution in [3.8, 4) is 0 Å². The summed E-state index contributed by atoms with van der Waals surface area (Å²) in [6, 6.07) is 9.29. The van der Waals surface area contributed by atoms with Crippen LogP contribution in [0.25, 0.3) is 5.57 Å². The van der Waals surface area contributed by atoms with Crippen LogP contribution in [0.15, 0.2) is 42.0 Å². The summed E-state index contributed by atoms with van der Waals surface area (Å²) in [5.74, 6) is -0.868. The van der Waals surface area contributed by atoms with Crippen molar-refractivity contribution < 1.29 is 14.3 Å². The summed E-state index contributed by atoms with van der Waals surface area (Å²) in [6.07, 6.45) is 8.26. The van der Waals surface area contributed by atoms with E-state index < -0.39 is 11.6 Å². The van der Waals surface area contributed by atoms with E-state index in [4.69, 9.17) is 5.11 Å². The van der Waals surface area contributed by atoms with Gasteiger partial charge in [0.25, 0.3) is 0 Å². The summed E-state index contributed by atoms with van der Waals surface area (Å²) in [5, 5.41) is 9.01. The van der Waals surface area contributed by atoms with E-state index in [9.17, 15) is 9.18 Å². The largest absolute Gasteiger partial charge is 0.478 e. The fourth-order valence-electron chi connectivity index (χ4n) is 6.89. The minimum absolute atomic E-state index is 0.0577. The Balaban J connectivity index is 1.50. The van der Waals surface area contributed by atoms with Gasteiger partial charge >= 0.3 is 5.97 Å². The number of carboxylic acids is 1. The molecule has 3 nitrogen and oxygen atoms in total. The third-order valence-corrected chi connectivity index (χ3v) is 7.67. The van der Waals surface area contributed by atoms with Crippen LogP contribution >= 0.6 is 0 Å². The predicted molar refractivity (Wildman–Crippen MR) is 112 cm³/mol. The zero-order valence-corrected chi connectivity index (χ0v) is 17.5. The zero-order chi connectivity index (χ0) is 20.6. The van der Waals surface area contributed by atoms with Crippen LogP contribution in [-0.4, -0.2) is 40.3 Å². The molecule has 0 saturated heterocycles. The lowest BCUT2D eigenvalue weighted by atomic mass is 9.32. The number of benzene rings is 1. The summed E-state index contributed by atoms with van der Waals surface area (Å²) in [5.41, 5.74) is 4.79. The number of allylic oxidation sites excluding steroid dienone is 1. The second-order valence-electron chi connectivity index (χ2n) is 10.6. The van der Waals surface area contributed by atoms with E-state index in [1.807, 2.05) is 6.08 Å². The third kappa shape index (κ3) is 2.91. The highest BCUT2D eigenvalue weighted by Gasteiger charge is 2.71. The standard InChI is InChI=1S/C25H30FNO2/c1-16-10-19-18-7-5-4-6-17(18)11-20(19)22(27(16)15-23(2,3)26)25-12-24(13-25,14-25)9-8-21(28)29/h4-9,16,22H,10-15H2,1-3H3,(H,28,29)/b9-8+/t16-,22-,24?,25?/m1/s1. The van der Waals surface area contributed by atoms with E-state index in [1.54, 1.807) is 13.8 Å². The van der Waals surface area contributed by atoms with E-state index in [2.05, 4.69) is 36.1 Å². The smallest absolute Gasteiger partial charge is 0.327 e. The number of carbonyl (C=O) groups is 1. The fourth-order valence-corrected chi connectivity index (χ4v) is 6.89. The number of fused-ring (bicyclic) bond motifs is 2. The van der Waals surface area contributed by atoms with Crippen molar-refractivity contribution in [2.24, 2.45) is 10.8 Å². The van der Waals surface area contributed by atoms with Crippen LogP contribution in [0, 0.1) is 10.8 Å². The molecule has 3 fully saturated rings. The molecule has 4 heteroatoms. The number of rotatable bonds is 5. The van der Waals surface area contributed by atoms with Gasteiger partial charge in [0.1, 0.15) is 5.67 Å². The van der Waals surface area contributed by atoms with Crippen molar-refractivity contribution >= 4 is 11.5 Å². The first-order valence-electron chi connectivity index (χ1n) is 10.8. The molecule has 0 spiro atoms.